The molecule has 1 aromatic rings. The maximum Gasteiger partial charge on any atom is 0.248 e. The summed E-state index contributed by atoms with van der Waals surface area (Å²) in [5.41, 5.74) is 1.76. The lowest BCUT2D eigenvalue weighted by Crippen LogP contribution is -2.52. The zero-order valence-electron chi connectivity index (χ0n) is 12.7. The van der Waals surface area contributed by atoms with Gasteiger partial charge in [-0.15, -0.1) is 0 Å². The summed E-state index contributed by atoms with van der Waals surface area (Å²) in [6.07, 6.45) is -0.00329. The van der Waals surface area contributed by atoms with Crippen LogP contribution in [0.1, 0.15) is 17.8 Å². The van der Waals surface area contributed by atoms with E-state index in [0.717, 1.165) is 11.4 Å². The van der Waals surface area contributed by atoms with Crippen LogP contribution in [0.15, 0.2) is 6.07 Å². The monoisotopic (exact) mass is 294 g/mol. The molecule has 2 N–H and O–H groups in total. The molecule has 7 nitrogen and oxygen atoms in total. The van der Waals surface area contributed by atoms with E-state index < -0.39 is 6.10 Å². The molecule has 0 unspecified atom stereocenters. The smallest absolute Gasteiger partial charge is 0.248 e. The van der Waals surface area contributed by atoms with Crippen molar-refractivity contribution in [3.8, 4) is 0 Å². The lowest BCUT2D eigenvalue weighted by Gasteiger charge is -2.36. The summed E-state index contributed by atoms with van der Waals surface area (Å²) in [6.45, 7) is 4.74. The van der Waals surface area contributed by atoms with Crippen molar-refractivity contribution in [2.75, 3.05) is 32.1 Å². The van der Waals surface area contributed by atoms with Crippen LogP contribution in [0.3, 0.4) is 0 Å². The van der Waals surface area contributed by atoms with Gasteiger partial charge < -0.3 is 20.1 Å². The summed E-state index contributed by atoms with van der Waals surface area (Å²) in [7, 11) is 1.49. The molecule has 1 aliphatic rings. The summed E-state index contributed by atoms with van der Waals surface area (Å²) in [4.78, 5) is 22.0. The number of carbonyl (C=O) groups excluding carboxylic acids is 1. The molecule has 21 heavy (non-hydrogen) atoms. The minimum absolute atomic E-state index is 0.0466. The molecule has 0 aliphatic carbocycles. The van der Waals surface area contributed by atoms with Crippen molar-refractivity contribution in [1.29, 1.82) is 0 Å². The quantitative estimate of drug-likeness (QED) is 0.820. The second kappa shape index (κ2) is 6.82. The normalized spacial score (nSPS) is 22.2. The first-order valence-electron chi connectivity index (χ1n) is 7.03. The number of rotatable bonds is 4. The largest absolute Gasteiger partial charge is 0.389 e. The highest BCUT2D eigenvalue weighted by Gasteiger charge is 2.30. The molecule has 0 radical (unpaired) electrons. The van der Waals surface area contributed by atoms with E-state index in [0.29, 0.717) is 25.5 Å². The number of aliphatic hydroxyl groups is 1. The Hall–Kier alpha value is -1.73. The van der Waals surface area contributed by atoms with Crippen LogP contribution in [0, 0.1) is 13.8 Å². The third kappa shape index (κ3) is 4.12. The number of hydrogen-bond acceptors (Lipinski definition) is 6. The van der Waals surface area contributed by atoms with Gasteiger partial charge in [0.15, 0.2) is 0 Å². The van der Waals surface area contributed by atoms with Gasteiger partial charge in [-0.05, 0) is 26.3 Å². The van der Waals surface area contributed by atoms with Gasteiger partial charge in [0.2, 0.25) is 11.9 Å². The summed E-state index contributed by atoms with van der Waals surface area (Å²) in [5.74, 6) is 0.422. The fraction of sp³-hybridized carbons (Fsp3) is 0.643. The highest BCUT2D eigenvalue weighted by atomic mass is 16.5. The Labute approximate surface area is 124 Å². The number of carbonyl (C=O) groups is 1. The SMILES string of the molecule is COCC(=O)N1CC[C@@H](Nc2nc(C)cc(C)n2)[C@H](O)C1. The van der Waals surface area contributed by atoms with Gasteiger partial charge in [-0.25, -0.2) is 9.97 Å². The first-order chi connectivity index (χ1) is 9.99. The Morgan fingerprint density at radius 2 is 2.14 bits per heavy atom. The maximum absolute atomic E-state index is 11.7. The predicted molar refractivity (Wildman–Crippen MR) is 78.0 cm³/mol. The van der Waals surface area contributed by atoms with Gasteiger partial charge in [-0.3, -0.25) is 4.79 Å². The van der Waals surface area contributed by atoms with E-state index >= 15 is 0 Å². The van der Waals surface area contributed by atoms with Gasteiger partial charge in [-0.1, -0.05) is 0 Å². The number of piperidine rings is 1. The van der Waals surface area contributed by atoms with E-state index in [-0.39, 0.29) is 18.6 Å². The van der Waals surface area contributed by atoms with Gasteiger partial charge >= 0.3 is 0 Å². The van der Waals surface area contributed by atoms with Gasteiger partial charge in [0.05, 0.1) is 12.1 Å². The van der Waals surface area contributed by atoms with Crippen LogP contribution in [0.5, 0.6) is 0 Å². The third-order valence-corrected chi connectivity index (χ3v) is 3.50. The fourth-order valence-corrected chi connectivity index (χ4v) is 2.50. The van der Waals surface area contributed by atoms with Crippen molar-refractivity contribution in [3.63, 3.8) is 0 Å². The number of aryl methyl sites for hydroxylation is 2. The number of amides is 1. The molecule has 2 rings (SSSR count). The number of methoxy groups -OCH3 is 1. The van der Waals surface area contributed by atoms with Crippen LogP contribution >= 0.6 is 0 Å². The van der Waals surface area contributed by atoms with Gasteiger partial charge in [0.1, 0.15) is 6.61 Å². The number of hydrogen-bond donors (Lipinski definition) is 2. The molecule has 1 saturated heterocycles. The first-order valence-corrected chi connectivity index (χ1v) is 7.03. The topological polar surface area (TPSA) is 87.6 Å². The van der Waals surface area contributed by atoms with Crippen LogP contribution in [-0.4, -0.2) is 64.8 Å². The van der Waals surface area contributed by atoms with E-state index in [4.69, 9.17) is 4.74 Å². The van der Waals surface area contributed by atoms with E-state index in [1.165, 1.54) is 7.11 Å². The zero-order valence-corrected chi connectivity index (χ0v) is 12.7. The predicted octanol–water partition coefficient (Wildman–Crippen LogP) is 0.114. The minimum Gasteiger partial charge on any atom is -0.389 e. The highest BCUT2D eigenvalue weighted by Crippen LogP contribution is 2.16. The Kier molecular flexibility index (Phi) is 5.08. The lowest BCUT2D eigenvalue weighted by atomic mass is 10.0. The van der Waals surface area contributed by atoms with Crippen LogP contribution < -0.4 is 5.32 Å². The number of aliphatic hydroxyl groups excluding tert-OH is 1. The molecule has 0 bridgehead atoms. The Morgan fingerprint density at radius 1 is 1.48 bits per heavy atom. The average Bonchev–Trinajstić information content (AvgIpc) is 2.40. The van der Waals surface area contributed by atoms with Gasteiger partial charge in [0, 0.05) is 31.6 Å². The molecule has 1 amide bonds. The number of β-amino-alcohol motifs (C(OH)–C–C–N with tert-alkyl or cyclic N) is 1. The number of nitrogens with zero attached hydrogens (tertiary/aromatic N) is 3. The Morgan fingerprint density at radius 3 is 2.71 bits per heavy atom. The number of ether oxygens (including phenoxy) is 1. The standard InChI is InChI=1S/C14H22N4O3/c1-9-6-10(2)16-14(15-9)17-11-4-5-18(7-12(11)19)13(20)8-21-3/h6,11-12,19H,4-5,7-8H2,1-3H3,(H,15,16,17)/t11-,12-/m1/s1. The van der Waals surface area contributed by atoms with Crippen molar-refractivity contribution in [1.82, 2.24) is 14.9 Å². The Bertz CT molecular complexity index is 489. The fourth-order valence-electron chi connectivity index (χ4n) is 2.50. The van der Waals surface area contributed by atoms with E-state index in [9.17, 15) is 9.90 Å². The second-order valence-corrected chi connectivity index (χ2v) is 5.35. The average molecular weight is 294 g/mol. The molecule has 7 heteroatoms. The Balaban J connectivity index is 1.96. The molecule has 0 aromatic carbocycles. The van der Waals surface area contributed by atoms with Crippen LogP contribution in [0.2, 0.25) is 0 Å². The van der Waals surface area contributed by atoms with Gasteiger partial charge in [0.25, 0.3) is 0 Å². The summed E-state index contributed by atoms with van der Waals surface area (Å²) < 4.78 is 4.83. The first kappa shape index (κ1) is 15.7. The molecule has 2 atom stereocenters. The van der Waals surface area contributed by atoms with Crippen molar-refractivity contribution in [2.45, 2.75) is 32.4 Å². The van der Waals surface area contributed by atoms with Crippen molar-refractivity contribution >= 4 is 11.9 Å². The van der Waals surface area contributed by atoms with Gasteiger partial charge in [-0.2, -0.15) is 0 Å². The summed E-state index contributed by atoms with van der Waals surface area (Å²) in [5, 5.41) is 13.4. The minimum atomic E-state index is -0.649. The summed E-state index contributed by atoms with van der Waals surface area (Å²) in [6, 6.07) is 1.74. The number of likely N-dealkylation sites (tertiary alicyclic amines) is 1. The summed E-state index contributed by atoms with van der Waals surface area (Å²) >= 11 is 0. The van der Waals surface area contributed by atoms with E-state index in [1.54, 1.807) is 4.90 Å². The molecule has 2 heterocycles. The number of nitrogens with one attached hydrogen (secondary N) is 1. The molecule has 1 fully saturated rings. The third-order valence-electron chi connectivity index (χ3n) is 3.50. The van der Waals surface area contributed by atoms with E-state index in [1.807, 2.05) is 19.9 Å². The molecule has 116 valence electrons. The molecular formula is C14H22N4O3. The molecule has 1 aliphatic heterocycles. The van der Waals surface area contributed by atoms with Crippen LogP contribution in [0.4, 0.5) is 5.95 Å². The van der Waals surface area contributed by atoms with Crippen molar-refractivity contribution in [3.05, 3.63) is 17.5 Å². The van der Waals surface area contributed by atoms with Crippen molar-refractivity contribution < 1.29 is 14.6 Å². The highest BCUT2D eigenvalue weighted by molar-refractivity contribution is 5.77. The number of anilines is 1. The maximum atomic E-state index is 11.7. The molecular weight excluding hydrogens is 272 g/mol. The van der Waals surface area contributed by atoms with Crippen LogP contribution in [0.25, 0.3) is 0 Å². The van der Waals surface area contributed by atoms with Crippen molar-refractivity contribution in [2.24, 2.45) is 0 Å². The molecule has 1 aromatic heterocycles. The second-order valence-electron chi connectivity index (χ2n) is 5.35. The lowest BCUT2D eigenvalue weighted by molar-refractivity contribution is -0.138. The number of aromatic nitrogens is 2. The molecule has 0 saturated carbocycles. The zero-order chi connectivity index (χ0) is 15.4. The van der Waals surface area contributed by atoms with Crippen LogP contribution in [-0.2, 0) is 9.53 Å². The van der Waals surface area contributed by atoms with E-state index in [2.05, 4.69) is 15.3 Å². The molecule has 0 spiro atoms.